The molecule has 0 aliphatic heterocycles. The topological polar surface area (TPSA) is 0 Å². The predicted octanol–water partition coefficient (Wildman–Crippen LogP) is -4.20. The monoisotopic (exact) mass is 240 g/mol. The molecule has 0 rings (SSSR count). The van der Waals surface area contributed by atoms with Crippen molar-refractivity contribution in [2.45, 2.75) is 0 Å². The molecule has 4 heavy (non-hydrogen) atoms. The van der Waals surface area contributed by atoms with Gasteiger partial charge in [0.25, 0.3) is 0 Å². The van der Waals surface area contributed by atoms with Crippen molar-refractivity contribution in [1.82, 2.24) is 0 Å². The van der Waals surface area contributed by atoms with E-state index in [1.165, 1.54) is 0 Å². The first-order chi connectivity index (χ1) is 0. The molecule has 0 saturated heterocycles. The average molecular weight is 240 g/mol. The van der Waals surface area contributed by atoms with E-state index in [9.17, 15) is 0 Å². The summed E-state index contributed by atoms with van der Waals surface area (Å²) in [6, 6.07) is 0. The van der Waals surface area contributed by atoms with Crippen molar-refractivity contribution in [1.29, 1.82) is 0 Å². The molecule has 0 aromatic rings. The number of rotatable bonds is 0. The van der Waals surface area contributed by atoms with Crippen LogP contribution in [0.1, 0.15) is 0 Å². The van der Waals surface area contributed by atoms with Gasteiger partial charge in [0.1, 0.15) is 0 Å². The molecule has 4 heteroatoms. The van der Waals surface area contributed by atoms with E-state index in [4.69, 9.17) is 0 Å². The van der Waals surface area contributed by atoms with Crippen LogP contribution in [-0.4, -0.2) is 121 Å². The van der Waals surface area contributed by atoms with Crippen molar-refractivity contribution < 1.29 is 0 Å². The van der Waals surface area contributed by atoms with E-state index in [1.807, 2.05) is 0 Å². The Morgan fingerprint density at radius 2 is 1.00 bits per heavy atom. The van der Waals surface area contributed by atoms with Gasteiger partial charge >= 0.3 is 110 Å². The molecule has 0 amide bonds. The zero-order chi connectivity index (χ0) is 0. The van der Waals surface area contributed by atoms with Crippen LogP contribution in [0.3, 0.4) is 0 Å². The minimum Gasteiger partial charge on any atom is -0.0149 e. The molecule has 0 bridgehead atoms. The van der Waals surface area contributed by atoms with Crippen LogP contribution in [-0.2, 0) is 0 Å². The van der Waals surface area contributed by atoms with Crippen molar-refractivity contribution in [2.75, 3.05) is 0 Å². The fourth-order valence-electron chi connectivity index (χ4n) is 0. The van der Waals surface area contributed by atoms with Gasteiger partial charge in [-0.2, -0.15) is 0 Å². The molecule has 0 unspecified atom stereocenters. The Morgan fingerprint density at radius 3 is 1.00 bits per heavy atom. The van der Waals surface area contributed by atoms with Crippen LogP contribution in [0.25, 0.3) is 0 Å². The van der Waals surface area contributed by atoms with E-state index in [0.29, 0.717) is 0 Å². The molecule has 0 radical (unpaired) electrons. The molecule has 20 valence electrons. The van der Waals surface area contributed by atoms with Crippen molar-refractivity contribution >= 4 is 121 Å². The Kier molecular flexibility index (Phi) is 98.7. The fourth-order valence-corrected chi connectivity index (χ4v) is 0. The van der Waals surface area contributed by atoms with Crippen molar-refractivity contribution in [3.63, 3.8) is 0 Å². The van der Waals surface area contributed by atoms with Crippen LogP contribution in [0.4, 0.5) is 0 Å². The zero-order valence-electron chi connectivity index (χ0n) is 0. The minimum absolute atomic E-state index is 0. The second-order valence-corrected chi connectivity index (χ2v) is 0. The van der Waals surface area contributed by atoms with Gasteiger partial charge in [0.2, 0.25) is 0 Å². The summed E-state index contributed by atoms with van der Waals surface area (Å²) in [5.74, 6) is 0. The van der Waals surface area contributed by atoms with Gasteiger partial charge in [-0.05, 0) is 11.0 Å². The molecule has 0 nitrogen and oxygen atoms in total. The summed E-state index contributed by atoms with van der Waals surface area (Å²) in [6.07, 6.45) is 0. The summed E-state index contributed by atoms with van der Waals surface area (Å²) in [5, 5.41) is 0. The van der Waals surface area contributed by atoms with Gasteiger partial charge in [-0.1, -0.05) is 0 Å². The zero-order valence-corrected chi connectivity index (χ0v) is 0. The van der Waals surface area contributed by atoms with E-state index < -0.39 is 0 Å². The summed E-state index contributed by atoms with van der Waals surface area (Å²) in [6.45, 7) is 0. The van der Waals surface area contributed by atoms with E-state index in [0.717, 1.165) is 0 Å². The largest absolute Gasteiger partial charge is 0.316 e. The third-order valence-corrected chi connectivity index (χ3v) is 0. The molecule has 0 atom stereocenters. The first-order valence-electron chi connectivity index (χ1n) is 0. The Balaban J connectivity index is 0. The Bertz CT molecular complexity index is 8.00. The Hall–Kier alpha value is 3.81. The molecular weight excluding hydrogens is 230 g/mol. The molecule has 0 aromatic carbocycles. The van der Waals surface area contributed by atoms with E-state index >= 15 is 0 Å². The standard InChI is InChI=1S/Ba.Ca.Mg.H4Si.6H/h;;;1H4;;;;;;. The van der Waals surface area contributed by atoms with Gasteiger partial charge in [0, 0.05) is 0 Å². The minimum atomic E-state index is 0. The maximum absolute atomic E-state index is 0. The summed E-state index contributed by atoms with van der Waals surface area (Å²) in [5.41, 5.74) is 0. The summed E-state index contributed by atoms with van der Waals surface area (Å²) >= 11 is 0. The van der Waals surface area contributed by atoms with Crippen LogP contribution >= 0.6 is 0 Å². The third-order valence-electron chi connectivity index (χ3n) is 0. The van der Waals surface area contributed by atoms with Crippen LogP contribution in [0, 0.1) is 0 Å². The predicted molar refractivity (Wildman–Crippen MR) is 37.0 cm³/mol. The second kappa shape index (κ2) is 15.8. The Morgan fingerprint density at radius 1 is 1.00 bits per heavy atom. The van der Waals surface area contributed by atoms with Crippen LogP contribution in [0.2, 0.25) is 0 Å². The van der Waals surface area contributed by atoms with Gasteiger partial charge in [-0.15, -0.1) is 0 Å². The summed E-state index contributed by atoms with van der Waals surface area (Å²) in [7, 11) is 0. The summed E-state index contributed by atoms with van der Waals surface area (Å²) < 4.78 is 0. The fraction of sp³-hybridized carbons (Fsp3) is 0. The van der Waals surface area contributed by atoms with Gasteiger partial charge in [-0.3, -0.25) is 0 Å². The Labute approximate surface area is 117 Å². The SMILES string of the molecule is [BaH2].[CaH2].[MgH2].[SiH4]. The quantitative estimate of drug-likeness (QED) is 0.377. The number of hydrogen-bond donors (Lipinski definition) is 0. The average Bonchev–Trinajstić information content (AvgIpc) is 0. The van der Waals surface area contributed by atoms with Crippen molar-refractivity contribution in [3.05, 3.63) is 0 Å². The molecule has 0 aromatic heterocycles. The normalized spacial score (nSPS) is 0. The molecule has 0 aliphatic rings. The van der Waals surface area contributed by atoms with Crippen LogP contribution < -0.4 is 0 Å². The van der Waals surface area contributed by atoms with Gasteiger partial charge in [0.05, 0.1) is 0 Å². The molecule has 0 N–H and O–H groups in total. The van der Waals surface area contributed by atoms with E-state index in [-0.39, 0.29) is 121 Å². The summed E-state index contributed by atoms with van der Waals surface area (Å²) in [4.78, 5) is 0. The van der Waals surface area contributed by atoms with E-state index in [1.54, 1.807) is 0 Å². The maximum Gasteiger partial charge on any atom is 0.316 e. The molecule has 0 spiro atoms. The van der Waals surface area contributed by atoms with Gasteiger partial charge in [-0.25, -0.2) is 0 Å². The first-order valence-corrected chi connectivity index (χ1v) is 0. The van der Waals surface area contributed by atoms with Crippen molar-refractivity contribution in [3.8, 4) is 0 Å². The number of hydrogen-bond acceptors (Lipinski definition) is 0. The second-order valence-electron chi connectivity index (χ2n) is 0. The van der Waals surface area contributed by atoms with Crippen molar-refractivity contribution in [2.24, 2.45) is 0 Å². The first kappa shape index (κ1) is 24.9. The smallest absolute Gasteiger partial charge is 0.0149 e. The molecule has 0 aliphatic carbocycles. The third kappa shape index (κ3) is 9.26. The maximum atomic E-state index is 0. The van der Waals surface area contributed by atoms with Gasteiger partial charge < -0.3 is 0 Å². The molecular formula is H10BaCaMgSi. The molecule has 0 fully saturated rings. The molecule has 0 saturated carbocycles. The van der Waals surface area contributed by atoms with E-state index in [2.05, 4.69) is 0 Å². The van der Waals surface area contributed by atoms with Crippen LogP contribution in [0.5, 0.6) is 0 Å². The van der Waals surface area contributed by atoms with Crippen LogP contribution in [0.15, 0.2) is 0 Å². The van der Waals surface area contributed by atoms with Gasteiger partial charge in [0.15, 0.2) is 0 Å². The molecule has 0 heterocycles.